The number of anilines is 1. The third-order valence-corrected chi connectivity index (χ3v) is 3.03. The molecule has 0 unspecified atom stereocenters. The van der Waals surface area contributed by atoms with Gasteiger partial charge in [0.15, 0.2) is 0 Å². The highest BCUT2D eigenvalue weighted by Crippen LogP contribution is 2.27. The summed E-state index contributed by atoms with van der Waals surface area (Å²) in [7, 11) is 1.41. The van der Waals surface area contributed by atoms with Gasteiger partial charge in [-0.25, -0.2) is 0 Å². The van der Waals surface area contributed by atoms with E-state index in [0.29, 0.717) is 16.7 Å². The van der Waals surface area contributed by atoms with E-state index in [4.69, 9.17) is 15.2 Å². The van der Waals surface area contributed by atoms with Crippen LogP contribution in [0.25, 0.3) is 11.6 Å². The van der Waals surface area contributed by atoms with E-state index in [-0.39, 0.29) is 22.4 Å². The van der Waals surface area contributed by atoms with Crippen molar-refractivity contribution in [1.82, 2.24) is 0 Å². The van der Waals surface area contributed by atoms with Crippen molar-refractivity contribution in [1.29, 1.82) is 5.26 Å². The number of benzene rings is 2. The molecule has 6 nitrogen and oxygen atoms in total. The van der Waals surface area contributed by atoms with Gasteiger partial charge in [0.2, 0.25) is 0 Å². The maximum atomic E-state index is 11.5. The molecule has 6 heteroatoms. The van der Waals surface area contributed by atoms with Gasteiger partial charge in [-0.2, -0.15) is 5.26 Å². The molecule has 0 bridgehead atoms. The Morgan fingerprint density at radius 1 is 1.23 bits per heavy atom. The molecule has 0 aliphatic carbocycles. The fourth-order valence-electron chi connectivity index (χ4n) is 1.90. The lowest BCUT2D eigenvalue weighted by Gasteiger charge is -2.12. The van der Waals surface area contributed by atoms with Crippen molar-refractivity contribution in [3.8, 4) is 17.6 Å². The van der Waals surface area contributed by atoms with E-state index in [2.05, 4.69) is 6.07 Å². The van der Waals surface area contributed by atoms with Gasteiger partial charge in [-0.3, -0.25) is 10.4 Å². The first kappa shape index (κ1) is 15.4. The number of ether oxygens (including phenoxy) is 1. The molecule has 2 N–H and O–H groups in total. The lowest BCUT2D eigenvalue weighted by Crippen LogP contribution is -2.10. The minimum absolute atomic E-state index is 0.00260. The summed E-state index contributed by atoms with van der Waals surface area (Å²) in [4.78, 5) is 0. The van der Waals surface area contributed by atoms with Crippen molar-refractivity contribution in [2.75, 3.05) is 12.3 Å². The van der Waals surface area contributed by atoms with Crippen LogP contribution >= 0.6 is 0 Å². The zero-order valence-electron chi connectivity index (χ0n) is 11.7. The van der Waals surface area contributed by atoms with Crippen LogP contribution in [0.2, 0.25) is 0 Å². The van der Waals surface area contributed by atoms with Gasteiger partial charge in [-0.1, -0.05) is 30.0 Å². The average Bonchev–Trinajstić information content (AvgIpc) is 2.54. The van der Waals surface area contributed by atoms with Gasteiger partial charge >= 0.3 is 0 Å². The molecule has 0 saturated carbocycles. The molecule has 0 radical (unpaired) electrons. The van der Waals surface area contributed by atoms with Crippen molar-refractivity contribution < 1.29 is 20.3 Å². The van der Waals surface area contributed by atoms with E-state index < -0.39 is 0 Å². The van der Waals surface area contributed by atoms with Crippen LogP contribution in [-0.4, -0.2) is 17.5 Å². The Hall–Kier alpha value is -3.01. The first-order valence-corrected chi connectivity index (χ1v) is 6.30. The van der Waals surface area contributed by atoms with E-state index in [0.717, 1.165) is 0 Å². The predicted molar refractivity (Wildman–Crippen MR) is 78.4 cm³/mol. The maximum Gasteiger partial charge on any atom is 0.111 e. The van der Waals surface area contributed by atoms with Crippen LogP contribution in [0.5, 0.6) is 11.5 Å². The standard InChI is InChI=1S/C16H14N2O4/c1-22-16-9-11(2-7-15(16)19)8-13(10-17)12-3-5-14(6-4-12)18(20)21/h2-9,19-21H,1H3/p-1. The minimum atomic E-state index is -0.228. The van der Waals surface area contributed by atoms with Crippen LogP contribution in [0.3, 0.4) is 0 Å². The van der Waals surface area contributed by atoms with Gasteiger partial charge in [0, 0.05) is 0 Å². The molecule has 0 saturated heterocycles. The zero-order valence-corrected chi connectivity index (χ0v) is 11.7. The van der Waals surface area contributed by atoms with E-state index >= 15 is 0 Å². The summed E-state index contributed by atoms with van der Waals surface area (Å²) in [6.07, 6.45) is 1.62. The molecule has 0 aliphatic heterocycles. The fourth-order valence-corrected chi connectivity index (χ4v) is 1.90. The fraction of sp³-hybridized carbons (Fsp3) is 0.0625. The third-order valence-electron chi connectivity index (χ3n) is 3.03. The summed E-state index contributed by atoms with van der Waals surface area (Å²) in [6.45, 7) is 0. The van der Waals surface area contributed by atoms with E-state index in [1.165, 1.54) is 25.3 Å². The van der Waals surface area contributed by atoms with Crippen molar-refractivity contribution in [3.05, 3.63) is 53.6 Å². The smallest absolute Gasteiger partial charge is 0.111 e. The molecule has 22 heavy (non-hydrogen) atoms. The van der Waals surface area contributed by atoms with E-state index in [1.54, 1.807) is 30.3 Å². The first-order chi connectivity index (χ1) is 10.5. The van der Waals surface area contributed by atoms with Crippen LogP contribution in [0.15, 0.2) is 42.5 Å². The van der Waals surface area contributed by atoms with E-state index in [9.17, 15) is 10.4 Å². The third kappa shape index (κ3) is 3.35. The van der Waals surface area contributed by atoms with Crippen LogP contribution < -0.4 is 15.1 Å². The number of methoxy groups -OCH3 is 1. The van der Waals surface area contributed by atoms with Crippen molar-refractivity contribution >= 4 is 17.3 Å². The Morgan fingerprint density at radius 2 is 1.91 bits per heavy atom. The lowest BCUT2D eigenvalue weighted by atomic mass is 10.0. The largest absolute Gasteiger partial charge is 0.870 e. The quantitative estimate of drug-likeness (QED) is 0.510. The van der Waals surface area contributed by atoms with Crippen LogP contribution in [0.4, 0.5) is 5.69 Å². The Kier molecular flexibility index (Phi) is 4.63. The van der Waals surface area contributed by atoms with Crippen molar-refractivity contribution in [3.63, 3.8) is 0 Å². The van der Waals surface area contributed by atoms with Crippen LogP contribution in [-0.2, 0) is 0 Å². The summed E-state index contributed by atoms with van der Waals surface area (Å²) in [5, 5.41) is 38.5. The number of hydrogen-bond acceptors (Lipinski definition) is 6. The molecule has 112 valence electrons. The summed E-state index contributed by atoms with van der Waals surface area (Å²) >= 11 is 0. The molecular formula is C16H13N2O4-. The highest BCUT2D eigenvalue weighted by Gasteiger charge is 2.04. The van der Waals surface area contributed by atoms with Crippen LogP contribution in [0, 0.1) is 11.3 Å². The van der Waals surface area contributed by atoms with Gasteiger partial charge in [-0.15, -0.1) is 5.23 Å². The maximum absolute atomic E-state index is 11.5. The monoisotopic (exact) mass is 297 g/mol. The molecule has 0 amide bonds. The molecule has 0 fully saturated rings. The molecule has 0 heterocycles. The number of nitrogens with zero attached hydrogens (tertiary/aromatic N) is 2. The second kappa shape index (κ2) is 6.63. The highest BCUT2D eigenvalue weighted by molar-refractivity contribution is 5.90. The molecule has 0 aliphatic rings. The van der Waals surface area contributed by atoms with Crippen LogP contribution in [0.1, 0.15) is 11.1 Å². The summed E-state index contributed by atoms with van der Waals surface area (Å²) in [6, 6.07) is 12.7. The zero-order chi connectivity index (χ0) is 16.1. The molecule has 2 aromatic rings. The SMILES string of the molecule is COc1cc(C=C(C#N)c2ccc(N(O)O)cc2)ccc1[O-]. The average molecular weight is 297 g/mol. The topological polar surface area (TPSA) is 99.8 Å². The molecule has 2 aromatic carbocycles. The number of allylic oxidation sites excluding steroid dienone is 1. The first-order valence-electron chi connectivity index (χ1n) is 6.30. The molecule has 0 spiro atoms. The van der Waals surface area contributed by atoms with Gasteiger partial charge in [0.25, 0.3) is 0 Å². The van der Waals surface area contributed by atoms with E-state index in [1.807, 2.05) is 0 Å². The summed E-state index contributed by atoms with van der Waals surface area (Å²) in [5.41, 5.74) is 1.81. The minimum Gasteiger partial charge on any atom is -0.870 e. The number of nitriles is 1. The Morgan fingerprint density at radius 3 is 2.45 bits per heavy atom. The van der Waals surface area contributed by atoms with Crippen molar-refractivity contribution in [2.45, 2.75) is 0 Å². The predicted octanol–water partition coefficient (Wildman–Crippen LogP) is 2.42. The van der Waals surface area contributed by atoms with Gasteiger partial charge in [0.05, 0.1) is 24.4 Å². The Bertz CT molecular complexity index is 731. The molecule has 2 rings (SSSR count). The van der Waals surface area contributed by atoms with Gasteiger partial charge in [0.1, 0.15) is 5.75 Å². The highest BCUT2D eigenvalue weighted by atomic mass is 16.8. The van der Waals surface area contributed by atoms with Gasteiger partial charge in [-0.05, 0) is 35.4 Å². The normalized spacial score (nSPS) is 10.9. The number of hydrogen-bond donors (Lipinski definition) is 2. The molecule has 0 atom stereocenters. The van der Waals surface area contributed by atoms with Crippen molar-refractivity contribution in [2.24, 2.45) is 0 Å². The Labute approximate surface area is 127 Å². The molecular weight excluding hydrogens is 284 g/mol. The molecule has 0 aromatic heterocycles. The lowest BCUT2D eigenvalue weighted by molar-refractivity contribution is -0.270. The van der Waals surface area contributed by atoms with Gasteiger partial charge < -0.3 is 9.84 Å². The summed E-state index contributed by atoms with van der Waals surface area (Å²) < 4.78 is 4.96. The summed E-state index contributed by atoms with van der Waals surface area (Å²) in [5.74, 6) is -0.0221. The Balaban J connectivity index is 2.37. The second-order valence-electron chi connectivity index (χ2n) is 4.42. The second-order valence-corrected chi connectivity index (χ2v) is 4.42. The number of rotatable bonds is 4.